The number of hydrogen-bond acceptors (Lipinski definition) is 3. The van der Waals surface area contributed by atoms with Gasteiger partial charge in [-0.15, -0.1) is 11.8 Å². The molecule has 0 aliphatic carbocycles. The van der Waals surface area contributed by atoms with Crippen LogP contribution in [0.25, 0.3) is 0 Å². The molecule has 0 radical (unpaired) electrons. The summed E-state index contributed by atoms with van der Waals surface area (Å²) in [4.78, 5) is 27.8. The monoisotopic (exact) mass is 514 g/mol. The molecule has 0 aliphatic heterocycles. The van der Waals surface area contributed by atoms with Crippen LogP contribution < -0.4 is 5.32 Å². The Balaban J connectivity index is 2.13. The van der Waals surface area contributed by atoms with Crippen molar-refractivity contribution in [2.75, 3.05) is 5.75 Å². The molecule has 4 nitrogen and oxygen atoms in total. The third kappa shape index (κ3) is 8.18. The topological polar surface area (TPSA) is 49.4 Å². The standard InChI is InChI=1S/C24H29Cl3N2O2S/c1-4-16(3)28-24(31)22(5-2)29(13-17-6-9-19(25)10-7-17)23(30)15-32-14-18-8-11-20(26)21(27)12-18/h6-12,16,22H,4-5,13-15H2,1-3H3,(H,28,31)/t16-,22-/m0/s1. The van der Waals surface area contributed by atoms with Gasteiger partial charge in [-0.2, -0.15) is 0 Å². The van der Waals surface area contributed by atoms with Crippen molar-refractivity contribution >= 4 is 58.4 Å². The summed E-state index contributed by atoms with van der Waals surface area (Å²) in [5, 5.41) is 4.64. The molecule has 0 saturated carbocycles. The van der Waals surface area contributed by atoms with Crippen LogP contribution in [-0.2, 0) is 21.9 Å². The maximum Gasteiger partial charge on any atom is 0.243 e. The summed E-state index contributed by atoms with van der Waals surface area (Å²) in [6, 6.07) is 12.3. The molecule has 0 aliphatic rings. The summed E-state index contributed by atoms with van der Waals surface area (Å²) in [6.07, 6.45) is 1.35. The molecule has 174 valence electrons. The average Bonchev–Trinajstić information content (AvgIpc) is 2.77. The highest BCUT2D eigenvalue weighted by molar-refractivity contribution is 7.99. The second kappa shape index (κ2) is 13.3. The number of amides is 2. The van der Waals surface area contributed by atoms with E-state index in [2.05, 4.69) is 5.32 Å². The predicted octanol–water partition coefficient (Wildman–Crippen LogP) is 6.60. The first kappa shape index (κ1) is 26.8. The molecule has 0 aromatic heterocycles. The fourth-order valence-corrected chi connectivity index (χ4v) is 4.42. The Bertz CT molecular complexity index is 909. The lowest BCUT2D eigenvalue weighted by molar-refractivity contribution is -0.139. The van der Waals surface area contributed by atoms with Crippen LogP contribution in [0.15, 0.2) is 42.5 Å². The number of nitrogens with zero attached hydrogens (tertiary/aromatic N) is 1. The van der Waals surface area contributed by atoms with Crippen LogP contribution in [0.2, 0.25) is 15.1 Å². The molecule has 0 saturated heterocycles. The molecule has 8 heteroatoms. The van der Waals surface area contributed by atoms with Crippen molar-refractivity contribution in [3.63, 3.8) is 0 Å². The molecular formula is C24H29Cl3N2O2S. The SMILES string of the molecule is CC[C@H](C)NC(=O)[C@H](CC)N(Cc1ccc(Cl)cc1)C(=O)CSCc1ccc(Cl)c(Cl)c1. The van der Waals surface area contributed by atoms with E-state index in [1.807, 2.05) is 39.0 Å². The third-order valence-electron chi connectivity index (χ3n) is 5.13. The predicted molar refractivity (Wildman–Crippen MR) is 137 cm³/mol. The summed E-state index contributed by atoms with van der Waals surface area (Å²) >= 11 is 19.5. The van der Waals surface area contributed by atoms with Gasteiger partial charge in [0.05, 0.1) is 15.8 Å². The number of benzene rings is 2. The van der Waals surface area contributed by atoms with Crippen molar-refractivity contribution in [3.05, 3.63) is 68.7 Å². The van der Waals surface area contributed by atoms with E-state index in [1.54, 1.807) is 29.2 Å². The first-order chi connectivity index (χ1) is 15.2. The minimum absolute atomic E-state index is 0.0491. The molecule has 0 bridgehead atoms. The summed E-state index contributed by atoms with van der Waals surface area (Å²) in [7, 11) is 0. The lowest BCUT2D eigenvalue weighted by atomic mass is 10.1. The smallest absolute Gasteiger partial charge is 0.243 e. The highest BCUT2D eigenvalue weighted by Gasteiger charge is 2.29. The second-order valence-corrected chi connectivity index (χ2v) is 9.87. The maximum atomic E-state index is 13.2. The zero-order valence-electron chi connectivity index (χ0n) is 18.5. The van der Waals surface area contributed by atoms with Crippen LogP contribution in [0.1, 0.15) is 44.7 Å². The number of rotatable bonds is 11. The molecule has 0 fully saturated rings. The van der Waals surface area contributed by atoms with Crippen molar-refractivity contribution < 1.29 is 9.59 Å². The van der Waals surface area contributed by atoms with Gasteiger partial charge in [-0.1, -0.05) is 66.8 Å². The molecule has 0 heterocycles. The Labute approximate surface area is 210 Å². The first-order valence-corrected chi connectivity index (χ1v) is 12.9. The van der Waals surface area contributed by atoms with E-state index < -0.39 is 6.04 Å². The third-order valence-corrected chi connectivity index (χ3v) is 7.11. The quantitative estimate of drug-likeness (QED) is 0.367. The minimum Gasteiger partial charge on any atom is -0.352 e. The Hall–Kier alpha value is -1.40. The number of carbonyl (C=O) groups excluding carboxylic acids is 2. The van der Waals surface area contributed by atoms with Gasteiger partial charge in [0.15, 0.2) is 0 Å². The number of thioether (sulfide) groups is 1. The van der Waals surface area contributed by atoms with E-state index >= 15 is 0 Å². The molecule has 2 atom stereocenters. The van der Waals surface area contributed by atoms with Gasteiger partial charge < -0.3 is 10.2 Å². The van der Waals surface area contributed by atoms with Gasteiger partial charge >= 0.3 is 0 Å². The number of hydrogen-bond donors (Lipinski definition) is 1. The summed E-state index contributed by atoms with van der Waals surface area (Å²) in [5.41, 5.74) is 1.91. The maximum absolute atomic E-state index is 13.2. The lowest BCUT2D eigenvalue weighted by Crippen LogP contribution is -2.51. The molecule has 0 unspecified atom stereocenters. The lowest BCUT2D eigenvalue weighted by Gasteiger charge is -2.31. The average molecular weight is 516 g/mol. The van der Waals surface area contributed by atoms with Crippen LogP contribution in [0, 0.1) is 0 Å². The largest absolute Gasteiger partial charge is 0.352 e. The second-order valence-electron chi connectivity index (χ2n) is 7.63. The summed E-state index contributed by atoms with van der Waals surface area (Å²) < 4.78 is 0. The molecule has 2 aromatic rings. The van der Waals surface area contributed by atoms with Crippen LogP contribution in [0.3, 0.4) is 0 Å². The van der Waals surface area contributed by atoms with E-state index in [-0.39, 0.29) is 23.6 Å². The van der Waals surface area contributed by atoms with Gasteiger partial charge in [0.25, 0.3) is 0 Å². The van der Waals surface area contributed by atoms with Crippen LogP contribution >= 0.6 is 46.6 Å². The summed E-state index contributed by atoms with van der Waals surface area (Å²) in [5.74, 6) is 0.656. The van der Waals surface area contributed by atoms with Crippen molar-refractivity contribution in [2.45, 2.75) is 58.0 Å². The van der Waals surface area contributed by atoms with Crippen LogP contribution in [-0.4, -0.2) is 34.6 Å². The van der Waals surface area contributed by atoms with Crippen molar-refractivity contribution in [1.82, 2.24) is 10.2 Å². The highest BCUT2D eigenvalue weighted by Crippen LogP contribution is 2.25. The minimum atomic E-state index is -0.544. The number of halogens is 3. The van der Waals surface area contributed by atoms with E-state index in [0.29, 0.717) is 33.8 Å². The molecule has 0 spiro atoms. The van der Waals surface area contributed by atoms with Gasteiger partial charge in [-0.3, -0.25) is 9.59 Å². The molecule has 2 aromatic carbocycles. The van der Waals surface area contributed by atoms with Crippen LogP contribution in [0.4, 0.5) is 0 Å². The summed E-state index contributed by atoms with van der Waals surface area (Å²) in [6.45, 7) is 6.24. The Morgan fingerprint density at radius 1 is 0.969 bits per heavy atom. The molecule has 1 N–H and O–H groups in total. The van der Waals surface area contributed by atoms with E-state index in [0.717, 1.165) is 17.5 Å². The van der Waals surface area contributed by atoms with Gasteiger partial charge in [0.2, 0.25) is 11.8 Å². The highest BCUT2D eigenvalue weighted by atomic mass is 35.5. The molecule has 2 amide bonds. The number of carbonyl (C=O) groups is 2. The first-order valence-electron chi connectivity index (χ1n) is 10.6. The molecule has 2 rings (SSSR count). The Morgan fingerprint density at radius 3 is 2.22 bits per heavy atom. The zero-order chi connectivity index (χ0) is 23.7. The van der Waals surface area contributed by atoms with Crippen LogP contribution in [0.5, 0.6) is 0 Å². The molecular weight excluding hydrogens is 487 g/mol. The fraction of sp³-hybridized carbons (Fsp3) is 0.417. The Morgan fingerprint density at radius 2 is 1.62 bits per heavy atom. The Kier molecular flexibility index (Phi) is 11.2. The fourth-order valence-electron chi connectivity index (χ4n) is 3.12. The van der Waals surface area contributed by atoms with E-state index in [4.69, 9.17) is 34.8 Å². The van der Waals surface area contributed by atoms with Crippen molar-refractivity contribution in [1.29, 1.82) is 0 Å². The van der Waals surface area contributed by atoms with Crippen molar-refractivity contribution in [3.8, 4) is 0 Å². The van der Waals surface area contributed by atoms with Gasteiger partial charge in [-0.25, -0.2) is 0 Å². The van der Waals surface area contributed by atoms with Crippen molar-refractivity contribution in [2.24, 2.45) is 0 Å². The van der Waals surface area contributed by atoms with E-state index in [9.17, 15) is 9.59 Å². The van der Waals surface area contributed by atoms with Gasteiger partial charge in [0, 0.05) is 23.4 Å². The normalized spacial score (nSPS) is 12.8. The number of nitrogens with one attached hydrogen (secondary N) is 1. The molecule has 32 heavy (non-hydrogen) atoms. The van der Waals surface area contributed by atoms with E-state index in [1.165, 1.54) is 11.8 Å². The van der Waals surface area contributed by atoms with Gasteiger partial charge in [-0.05, 0) is 55.2 Å². The van der Waals surface area contributed by atoms with Gasteiger partial charge in [0.1, 0.15) is 6.04 Å². The zero-order valence-corrected chi connectivity index (χ0v) is 21.6.